The summed E-state index contributed by atoms with van der Waals surface area (Å²) in [5.74, 6) is 0. The van der Waals surface area contributed by atoms with Gasteiger partial charge in [0.15, 0.2) is 0 Å². The minimum atomic E-state index is 0.613. The van der Waals surface area contributed by atoms with Crippen LogP contribution < -0.4 is 10.6 Å². The van der Waals surface area contributed by atoms with E-state index in [1.807, 2.05) is 0 Å². The third-order valence-electron chi connectivity index (χ3n) is 2.35. The molecule has 1 fully saturated rings. The molecule has 0 aromatic rings. The second-order valence-electron chi connectivity index (χ2n) is 3.07. The summed E-state index contributed by atoms with van der Waals surface area (Å²) >= 11 is 0. The van der Waals surface area contributed by atoms with Gasteiger partial charge in [0.2, 0.25) is 0 Å². The molecule has 0 saturated carbocycles. The summed E-state index contributed by atoms with van der Waals surface area (Å²) in [6, 6.07) is 1.32. The first-order valence-corrected chi connectivity index (χ1v) is 4.10. The Balaban J connectivity index is 1.91. The highest BCUT2D eigenvalue weighted by Gasteiger charge is 2.23. The van der Waals surface area contributed by atoms with E-state index in [1.165, 1.54) is 19.4 Å². The van der Waals surface area contributed by atoms with Crippen molar-refractivity contribution in [2.45, 2.75) is 24.9 Å². The summed E-state index contributed by atoms with van der Waals surface area (Å²) in [6.07, 6.45) is 7.17. The van der Waals surface area contributed by atoms with E-state index < -0.39 is 0 Å². The Bertz CT molecular complexity index is 136. The minimum Gasteiger partial charge on any atom is -0.312 e. The van der Waals surface area contributed by atoms with Gasteiger partial charge in [0, 0.05) is 18.6 Å². The van der Waals surface area contributed by atoms with Crippen LogP contribution in [-0.2, 0) is 0 Å². The smallest absolute Gasteiger partial charge is 0.0408 e. The van der Waals surface area contributed by atoms with Crippen LogP contribution >= 0.6 is 0 Å². The summed E-state index contributed by atoms with van der Waals surface area (Å²) in [7, 11) is 0. The Morgan fingerprint density at radius 1 is 1.30 bits per heavy atom. The number of nitrogens with one attached hydrogen (secondary N) is 2. The van der Waals surface area contributed by atoms with Gasteiger partial charge >= 0.3 is 0 Å². The van der Waals surface area contributed by atoms with Crippen LogP contribution in [0.5, 0.6) is 0 Å². The van der Waals surface area contributed by atoms with Gasteiger partial charge in [0.05, 0.1) is 0 Å². The fourth-order valence-corrected chi connectivity index (χ4v) is 1.78. The first kappa shape index (κ1) is 6.38. The van der Waals surface area contributed by atoms with Crippen LogP contribution in [0.1, 0.15) is 12.8 Å². The van der Waals surface area contributed by atoms with E-state index in [1.54, 1.807) is 0 Å². The van der Waals surface area contributed by atoms with Crippen molar-refractivity contribution in [3.8, 4) is 0 Å². The van der Waals surface area contributed by atoms with Crippen molar-refractivity contribution >= 4 is 0 Å². The highest BCUT2D eigenvalue weighted by molar-refractivity contribution is 5.07. The van der Waals surface area contributed by atoms with Gasteiger partial charge in [0.25, 0.3) is 0 Å². The van der Waals surface area contributed by atoms with E-state index in [0.717, 1.165) is 6.54 Å². The molecular formula is C8H14N2. The molecule has 1 saturated heterocycles. The Hall–Kier alpha value is -0.340. The van der Waals surface area contributed by atoms with Crippen molar-refractivity contribution in [3.63, 3.8) is 0 Å². The molecule has 2 aliphatic rings. The van der Waals surface area contributed by atoms with Gasteiger partial charge in [-0.2, -0.15) is 0 Å². The molecule has 0 aliphatic carbocycles. The molecule has 0 aromatic heterocycles. The van der Waals surface area contributed by atoms with Crippen LogP contribution in [0.2, 0.25) is 0 Å². The molecule has 0 spiro atoms. The lowest BCUT2D eigenvalue weighted by Crippen LogP contribution is -2.40. The second-order valence-corrected chi connectivity index (χ2v) is 3.07. The lowest BCUT2D eigenvalue weighted by atomic mass is 10.1. The Morgan fingerprint density at radius 3 is 2.90 bits per heavy atom. The molecule has 2 rings (SSSR count). The van der Waals surface area contributed by atoms with E-state index in [4.69, 9.17) is 0 Å². The average Bonchev–Trinajstić information content (AvgIpc) is 2.59. The van der Waals surface area contributed by atoms with E-state index >= 15 is 0 Å². The molecule has 2 unspecified atom stereocenters. The number of rotatable bonds is 1. The van der Waals surface area contributed by atoms with Crippen molar-refractivity contribution < 1.29 is 0 Å². The van der Waals surface area contributed by atoms with Crippen LogP contribution in [0.3, 0.4) is 0 Å². The molecule has 2 N–H and O–H groups in total. The maximum atomic E-state index is 3.48. The summed E-state index contributed by atoms with van der Waals surface area (Å²) in [5.41, 5.74) is 0. The zero-order valence-electron chi connectivity index (χ0n) is 6.14. The largest absolute Gasteiger partial charge is 0.312 e. The second kappa shape index (κ2) is 2.72. The van der Waals surface area contributed by atoms with Crippen LogP contribution in [0.25, 0.3) is 0 Å². The van der Waals surface area contributed by atoms with Gasteiger partial charge in [-0.1, -0.05) is 12.2 Å². The van der Waals surface area contributed by atoms with Crippen LogP contribution in [0.4, 0.5) is 0 Å². The molecule has 0 amide bonds. The summed E-state index contributed by atoms with van der Waals surface area (Å²) < 4.78 is 0. The highest BCUT2D eigenvalue weighted by Crippen LogP contribution is 2.11. The molecule has 10 heavy (non-hydrogen) atoms. The standard InChI is InChI=1S/C8H14N2/c1-3-7(9-5-1)8-4-2-6-10-8/h1,3,7-10H,2,4-6H2. The van der Waals surface area contributed by atoms with E-state index in [-0.39, 0.29) is 0 Å². The predicted molar refractivity (Wildman–Crippen MR) is 42.0 cm³/mol. The van der Waals surface area contributed by atoms with Gasteiger partial charge in [-0.25, -0.2) is 0 Å². The number of hydrogen-bond acceptors (Lipinski definition) is 2. The fourth-order valence-electron chi connectivity index (χ4n) is 1.78. The third kappa shape index (κ3) is 1.09. The molecule has 56 valence electrons. The number of hydrogen-bond donors (Lipinski definition) is 2. The molecule has 0 bridgehead atoms. The first-order valence-electron chi connectivity index (χ1n) is 4.10. The van der Waals surface area contributed by atoms with Crippen molar-refractivity contribution in [1.29, 1.82) is 0 Å². The van der Waals surface area contributed by atoms with Crippen LogP contribution in [0.15, 0.2) is 12.2 Å². The summed E-state index contributed by atoms with van der Waals surface area (Å²) in [5, 5.41) is 6.91. The lowest BCUT2D eigenvalue weighted by molar-refractivity contribution is 0.493. The Kier molecular flexibility index (Phi) is 1.74. The SMILES string of the molecule is C1=CC(C2CCCN2)NC1. The van der Waals surface area contributed by atoms with Crippen molar-refractivity contribution in [2.24, 2.45) is 0 Å². The molecule has 2 heteroatoms. The summed E-state index contributed by atoms with van der Waals surface area (Å²) in [6.45, 7) is 2.26. The van der Waals surface area contributed by atoms with Gasteiger partial charge < -0.3 is 10.6 Å². The van der Waals surface area contributed by atoms with Crippen LogP contribution in [0, 0.1) is 0 Å². The van der Waals surface area contributed by atoms with Crippen molar-refractivity contribution in [2.75, 3.05) is 13.1 Å². The minimum absolute atomic E-state index is 0.613. The zero-order valence-corrected chi connectivity index (χ0v) is 6.14. The van der Waals surface area contributed by atoms with Gasteiger partial charge in [-0.05, 0) is 19.4 Å². The lowest BCUT2D eigenvalue weighted by Gasteiger charge is -2.16. The fraction of sp³-hybridized carbons (Fsp3) is 0.750. The van der Waals surface area contributed by atoms with E-state index in [9.17, 15) is 0 Å². The Morgan fingerprint density at radius 2 is 2.30 bits per heavy atom. The molecule has 0 radical (unpaired) electrons. The van der Waals surface area contributed by atoms with Crippen molar-refractivity contribution in [1.82, 2.24) is 10.6 Å². The first-order chi connectivity index (χ1) is 4.97. The van der Waals surface area contributed by atoms with Crippen LogP contribution in [-0.4, -0.2) is 25.2 Å². The zero-order chi connectivity index (χ0) is 6.81. The normalized spacial score (nSPS) is 39.2. The van der Waals surface area contributed by atoms with E-state index in [0.29, 0.717) is 12.1 Å². The van der Waals surface area contributed by atoms with Gasteiger partial charge in [0.1, 0.15) is 0 Å². The molecule has 2 atom stereocenters. The molecule has 2 aliphatic heterocycles. The van der Waals surface area contributed by atoms with Gasteiger partial charge in [-0.3, -0.25) is 0 Å². The maximum Gasteiger partial charge on any atom is 0.0408 e. The summed E-state index contributed by atoms with van der Waals surface area (Å²) in [4.78, 5) is 0. The molecular weight excluding hydrogens is 124 g/mol. The quantitative estimate of drug-likeness (QED) is 0.508. The molecule has 0 aromatic carbocycles. The van der Waals surface area contributed by atoms with Crippen molar-refractivity contribution in [3.05, 3.63) is 12.2 Å². The predicted octanol–water partition coefficient (Wildman–Crippen LogP) is 0.266. The monoisotopic (exact) mass is 138 g/mol. The van der Waals surface area contributed by atoms with E-state index in [2.05, 4.69) is 22.8 Å². The average molecular weight is 138 g/mol. The Labute approximate surface area is 61.7 Å². The molecule has 2 nitrogen and oxygen atoms in total. The maximum absolute atomic E-state index is 3.48. The third-order valence-corrected chi connectivity index (χ3v) is 2.35. The highest BCUT2D eigenvalue weighted by atomic mass is 15.0. The van der Waals surface area contributed by atoms with Gasteiger partial charge in [-0.15, -0.1) is 0 Å². The topological polar surface area (TPSA) is 24.1 Å². The molecule has 2 heterocycles.